The van der Waals surface area contributed by atoms with Crippen molar-refractivity contribution in [1.29, 1.82) is 0 Å². The molecule has 1 aromatic carbocycles. The Hall–Kier alpha value is -2.96. The van der Waals surface area contributed by atoms with E-state index in [4.69, 9.17) is 0 Å². The quantitative estimate of drug-likeness (QED) is 0.691. The first-order valence-corrected chi connectivity index (χ1v) is 11.3. The van der Waals surface area contributed by atoms with Gasteiger partial charge in [-0.05, 0) is 45.7 Å². The number of aromatic nitrogens is 4. The number of aryl methyl sites for hydroxylation is 2. The van der Waals surface area contributed by atoms with E-state index in [1.807, 2.05) is 44.2 Å². The summed E-state index contributed by atoms with van der Waals surface area (Å²) in [5.41, 5.74) is 2.57. The molecule has 4 rings (SSSR count). The van der Waals surface area contributed by atoms with E-state index in [0.29, 0.717) is 16.6 Å². The van der Waals surface area contributed by atoms with E-state index in [-0.39, 0.29) is 17.5 Å². The Kier molecular flexibility index (Phi) is 6.20. The van der Waals surface area contributed by atoms with Gasteiger partial charge in [0.25, 0.3) is 5.56 Å². The van der Waals surface area contributed by atoms with E-state index in [9.17, 15) is 9.59 Å². The fourth-order valence-corrected chi connectivity index (χ4v) is 4.50. The third-order valence-corrected chi connectivity index (χ3v) is 6.34. The van der Waals surface area contributed by atoms with Crippen molar-refractivity contribution in [2.75, 3.05) is 0 Å². The first kappa shape index (κ1) is 21.3. The van der Waals surface area contributed by atoms with E-state index in [2.05, 4.69) is 15.5 Å². The molecule has 0 spiro atoms. The number of nitrogens with zero attached hydrogens (tertiary/aromatic N) is 4. The molecule has 1 aliphatic carbocycles. The molecule has 1 N–H and O–H groups in total. The van der Waals surface area contributed by atoms with Crippen LogP contribution in [-0.2, 0) is 4.79 Å². The lowest BCUT2D eigenvalue weighted by Gasteiger charge is -2.23. The first-order valence-electron chi connectivity index (χ1n) is 11.3. The summed E-state index contributed by atoms with van der Waals surface area (Å²) < 4.78 is 3.09. The number of nitrogens with one attached hydrogen (secondary N) is 1. The van der Waals surface area contributed by atoms with Gasteiger partial charge in [-0.1, -0.05) is 50.3 Å². The highest BCUT2D eigenvalue weighted by Crippen LogP contribution is 2.21. The van der Waals surface area contributed by atoms with Crippen molar-refractivity contribution >= 4 is 16.8 Å². The predicted molar refractivity (Wildman–Crippen MR) is 122 cm³/mol. The van der Waals surface area contributed by atoms with Gasteiger partial charge in [0, 0.05) is 6.04 Å². The second kappa shape index (κ2) is 9.04. The van der Waals surface area contributed by atoms with Crippen LogP contribution < -0.4 is 10.9 Å². The second-order valence-corrected chi connectivity index (χ2v) is 8.62. The molecule has 2 heterocycles. The standard InChI is InChI=1S/C24H31N5O2/c1-16-22-21(17(2)28(27-22)20-14-10-7-11-15-20)24(31)29(26-16)18(3)23(30)25-19-12-8-5-4-6-9-13-19/h7,10-11,14-15,18-19H,4-6,8-9,12-13H2,1-3H3,(H,25,30)/t18-/m1/s1. The molecular weight excluding hydrogens is 390 g/mol. The minimum atomic E-state index is -0.680. The van der Waals surface area contributed by atoms with E-state index in [1.165, 1.54) is 23.9 Å². The molecular formula is C24H31N5O2. The van der Waals surface area contributed by atoms with Crippen molar-refractivity contribution in [2.24, 2.45) is 0 Å². The van der Waals surface area contributed by atoms with Crippen LogP contribution in [0.5, 0.6) is 0 Å². The van der Waals surface area contributed by atoms with Gasteiger partial charge in [-0.2, -0.15) is 10.2 Å². The zero-order valence-corrected chi connectivity index (χ0v) is 18.6. The van der Waals surface area contributed by atoms with Crippen molar-refractivity contribution < 1.29 is 4.79 Å². The number of hydrogen-bond acceptors (Lipinski definition) is 4. The second-order valence-electron chi connectivity index (χ2n) is 8.62. The SMILES string of the molecule is Cc1nn([C@H](C)C(=O)NC2CCCCCCC2)c(=O)c2c(C)n(-c3ccccc3)nc12. The van der Waals surface area contributed by atoms with Gasteiger partial charge in [-0.25, -0.2) is 9.36 Å². The van der Waals surface area contributed by atoms with Crippen LogP contribution in [0, 0.1) is 13.8 Å². The number of carbonyl (C=O) groups excluding carboxylic acids is 1. The molecule has 0 bridgehead atoms. The zero-order valence-electron chi connectivity index (χ0n) is 18.6. The van der Waals surface area contributed by atoms with E-state index in [1.54, 1.807) is 11.6 Å². The summed E-state index contributed by atoms with van der Waals surface area (Å²) in [6.07, 6.45) is 8.02. The normalized spacial score (nSPS) is 16.6. The Bertz CT molecular complexity index is 1120. The molecule has 1 atom stereocenters. The van der Waals surface area contributed by atoms with Crippen LogP contribution in [0.3, 0.4) is 0 Å². The number of rotatable bonds is 4. The van der Waals surface area contributed by atoms with Gasteiger partial charge >= 0.3 is 0 Å². The first-order chi connectivity index (χ1) is 15.0. The van der Waals surface area contributed by atoms with Gasteiger partial charge in [0.1, 0.15) is 11.6 Å². The number of hydrogen-bond donors (Lipinski definition) is 1. The summed E-state index contributed by atoms with van der Waals surface area (Å²) in [7, 11) is 0. The van der Waals surface area contributed by atoms with Gasteiger partial charge < -0.3 is 5.32 Å². The van der Waals surface area contributed by atoms with Gasteiger partial charge in [-0.3, -0.25) is 9.59 Å². The van der Waals surface area contributed by atoms with E-state index in [0.717, 1.165) is 37.1 Å². The topological polar surface area (TPSA) is 81.8 Å². The molecule has 1 saturated carbocycles. The predicted octanol–water partition coefficient (Wildman–Crippen LogP) is 3.99. The van der Waals surface area contributed by atoms with E-state index >= 15 is 0 Å². The monoisotopic (exact) mass is 421 g/mol. The van der Waals surface area contributed by atoms with Crippen LogP contribution in [0.4, 0.5) is 0 Å². The number of amides is 1. The number of benzene rings is 1. The van der Waals surface area contributed by atoms with Crippen LogP contribution >= 0.6 is 0 Å². The summed E-state index contributed by atoms with van der Waals surface area (Å²) in [4.78, 5) is 26.3. The maximum Gasteiger partial charge on any atom is 0.278 e. The molecule has 3 aromatic rings. The summed E-state index contributed by atoms with van der Waals surface area (Å²) in [6, 6.07) is 9.21. The molecule has 0 radical (unpaired) electrons. The van der Waals surface area contributed by atoms with Gasteiger partial charge in [0.2, 0.25) is 5.91 Å². The molecule has 7 heteroatoms. The minimum Gasteiger partial charge on any atom is -0.352 e. The maximum absolute atomic E-state index is 13.4. The van der Waals surface area contributed by atoms with Gasteiger partial charge in [0.15, 0.2) is 0 Å². The van der Waals surface area contributed by atoms with Gasteiger partial charge in [-0.15, -0.1) is 0 Å². The lowest BCUT2D eigenvalue weighted by atomic mass is 9.96. The molecule has 0 unspecified atom stereocenters. The highest BCUT2D eigenvalue weighted by atomic mass is 16.2. The molecule has 0 aliphatic heterocycles. The number of para-hydroxylation sites is 1. The van der Waals surface area contributed by atoms with Crippen LogP contribution in [-0.4, -0.2) is 31.5 Å². The Morgan fingerprint density at radius 1 is 1.03 bits per heavy atom. The lowest BCUT2D eigenvalue weighted by molar-refractivity contribution is -0.125. The average molecular weight is 422 g/mol. The fourth-order valence-electron chi connectivity index (χ4n) is 4.50. The van der Waals surface area contributed by atoms with Crippen molar-refractivity contribution in [3.8, 4) is 5.69 Å². The number of carbonyl (C=O) groups is 1. The van der Waals surface area contributed by atoms with Gasteiger partial charge in [0.05, 0.1) is 22.5 Å². The minimum absolute atomic E-state index is 0.146. The van der Waals surface area contributed by atoms with E-state index < -0.39 is 6.04 Å². The fraction of sp³-hybridized carbons (Fsp3) is 0.500. The molecule has 1 amide bonds. The molecule has 1 aliphatic rings. The van der Waals surface area contributed by atoms with Crippen LogP contribution in [0.25, 0.3) is 16.6 Å². The summed E-state index contributed by atoms with van der Waals surface area (Å²) >= 11 is 0. The Morgan fingerprint density at radius 2 is 1.68 bits per heavy atom. The smallest absolute Gasteiger partial charge is 0.278 e. The molecule has 7 nitrogen and oxygen atoms in total. The lowest BCUT2D eigenvalue weighted by Crippen LogP contribution is -2.42. The highest BCUT2D eigenvalue weighted by molar-refractivity contribution is 5.84. The zero-order chi connectivity index (χ0) is 22.0. The molecule has 31 heavy (non-hydrogen) atoms. The number of fused-ring (bicyclic) bond motifs is 1. The Balaban J connectivity index is 1.66. The Labute approximate surface area is 182 Å². The molecule has 164 valence electrons. The average Bonchev–Trinajstić information content (AvgIpc) is 3.10. The largest absolute Gasteiger partial charge is 0.352 e. The highest BCUT2D eigenvalue weighted by Gasteiger charge is 2.25. The van der Waals surface area contributed by atoms with Crippen LogP contribution in [0.15, 0.2) is 35.1 Å². The summed E-state index contributed by atoms with van der Waals surface area (Å²) in [5, 5.41) is 12.8. The third-order valence-electron chi connectivity index (χ3n) is 6.34. The van der Waals surface area contributed by atoms with Crippen molar-refractivity contribution in [3.63, 3.8) is 0 Å². The van der Waals surface area contributed by atoms with Crippen molar-refractivity contribution in [3.05, 3.63) is 52.1 Å². The van der Waals surface area contributed by atoms with Crippen LogP contribution in [0.2, 0.25) is 0 Å². The third kappa shape index (κ3) is 4.27. The summed E-state index contributed by atoms with van der Waals surface area (Å²) in [5.74, 6) is -0.146. The maximum atomic E-state index is 13.4. The van der Waals surface area contributed by atoms with Crippen molar-refractivity contribution in [2.45, 2.75) is 77.8 Å². The summed E-state index contributed by atoms with van der Waals surface area (Å²) in [6.45, 7) is 5.46. The van der Waals surface area contributed by atoms with Crippen molar-refractivity contribution in [1.82, 2.24) is 24.9 Å². The molecule has 0 saturated heterocycles. The van der Waals surface area contributed by atoms with Crippen LogP contribution in [0.1, 0.15) is 69.3 Å². The molecule has 1 fully saturated rings. The Morgan fingerprint density at radius 3 is 2.35 bits per heavy atom. The molecule has 2 aromatic heterocycles.